The van der Waals surface area contributed by atoms with Crippen molar-refractivity contribution >= 4 is 23.3 Å². The van der Waals surface area contributed by atoms with E-state index in [1.54, 1.807) is 0 Å². The molecule has 1 aromatic rings. The zero-order valence-electron chi connectivity index (χ0n) is 8.49. The van der Waals surface area contributed by atoms with Gasteiger partial charge in [0.25, 0.3) is 5.69 Å². The lowest BCUT2D eigenvalue weighted by Gasteiger charge is -2.09. The normalized spacial score (nSPS) is 11.1. The van der Waals surface area contributed by atoms with E-state index in [-0.39, 0.29) is 5.69 Å². The zero-order valence-corrected chi connectivity index (χ0v) is 8.49. The summed E-state index contributed by atoms with van der Waals surface area (Å²) in [4.78, 5) is 30.6. The molecule has 1 aromatic carbocycles. The van der Waals surface area contributed by atoms with Crippen molar-refractivity contribution in [2.45, 2.75) is 6.04 Å². The zero-order chi connectivity index (χ0) is 12.8. The average molecular weight is 236 g/mol. The Morgan fingerprint density at radius 1 is 1.47 bits per heavy atom. The number of nitro benzene ring substituents is 1. The van der Waals surface area contributed by atoms with Crippen LogP contribution in [0, 0.1) is 10.1 Å². The molecule has 0 aliphatic heterocycles. The second-order valence-electron chi connectivity index (χ2n) is 3.05. The summed E-state index contributed by atoms with van der Waals surface area (Å²) in [5.74, 6) is 0.129. The second-order valence-corrected chi connectivity index (χ2v) is 3.05. The number of anilines is 1. The number of nitrogens with one attached hydrogen (secondary N) is 1. The Kier molecular flexibility index (Phi) is 3.96. The Hall–Kier alpha value is -2.66. The van der Waals surface area contributed by atoms with Crippen molar-refractivity contribution in [3.8, 4) is 0 Å². The third kappa shape index (κ3) is 3.44. The monoisotopic (exact) mass is 236 g/mol. The topological polar surface area (TPSA) is 110 Å². The van der Waals surface area contributed by atoms with Gasteiger partial charge in [0.05, 0.1) is 4.92 Å². The number of rotatable bonds is 5. The molecule has 0 spiro atoms. The van der Waals surface area contributed by atoms with E-state index < -0.39 is 16.9 Å². The maximum absolute atomic E-state index is 10.7. The van der Waals surface area contributed by atoms with Crippen LogP contribution in [0.4, 0.5) is 11.4 Å². The maximum atomic E-state index is 10.7. The first-order chi connectivity index (χ1) is 8.04. The Bertz CT molecular complexity index is 474. The number of nitro groups is 1. The summed E-state index contributed by atoms with van der Waals surface area (Å²) in [5, 5.41) is 21.6. The molecule has 0 radical (unpaired) electrons. The van der Waals surface area contributed by atoms with Crippen molar-refractivity contribution in [1.29, 1.82) is 0 Å². The number of carboxylic acid groups (broad SMARTS) is 1. The molecule has 0 saturated heterocycles. The SMILES string of the molecule is O=C=CC(Nc1ccc([N+](=O)[O-])cc1)C(=O)O. The Morgan fingerprint density at radius 2 is 2.06 bits per heavy atom. The lowest BCUT2D eigenvalue weighted by molar-refractivity contribution is -0.384. The highest BCUT2D eigenvalue weighted by Gasteiger charge is 2.14. The highest BCUT2D eigenvalue weighted by atomic mass is 16.6. The van der Waals surface area contributed by atoms with Crippen LogP contribution >= 0.6 is 0 Å². The number of non-ortho nitro benzene ring substituents is 1. The molecular formula is C10H8N2O5. The molecule has 1 unspecified atom stereocenters. The number of aliphatic carboxylic acids is 1. The molecule has 0 heterocycles. The summed E-state index contributed by atoms with van der Waals surface area (Å²) in [6.45, 7) is 0. The summed E-state index contributed by atoms with van der Waals surface area (Å²) < 4.78 is 0. The van der Waals surface area contributed by atoms with Crippen molar-refractivity contribution in [1.82, 2.24) is 0 Å². The number of benzene rings is 1. The lowest BCUT2D eigenvalue weighted by Crippen LogP contribution is -2.27. The van der Waals surface area contributed by atoms with E-state index in [2.05, 4.69) is 5.32 Å². The minimum Gasteiger partial charge on any atom is -0.479 e. The highest BCUT2D eigenvalue weighted by molar-refractivity contribution is 5.82. The molecule has 0 saturated carbocycles. The molecule has 7 nitrogen and oxygen atoms in total. The van der Waals surface area contributed by atoms with Crippen molar-refractivity contribution in [2.24, 2.45) is 0 Å². The third-order valence-corrected chi connectivity index (χ3v) is 1.90. The van der Waals surface area contributed by atoms with E-state index in [1.165, 1.54) is 30.2 Å². The Labute approximate surface area is 95.5 Å². The van der Waals surface area contributed by atoms with E-state index in [4.69, 9.17) is 5.11 Å². The molecule has 2 N–H and O–H groups in total. The predicted octanol–water partition coefficient (Wildman–Crippen LogP) is 0.848. The quantitative estimate of drug-likeness (QED) is 0.445. The highest BCUT2D eigenvalue weighted by Crippen LogP contribution is 2.16. The molecule has 1 atom stereocenters. The largest absolute Gasteiger partial charge is 0.479 e. The van der Waals surface area contributed by atoms with Crippen molar-refractivity contribution < 1.29 is 19.6 Å². The standard InChI is InChI=1S/C10H8N2O5/c13-6-5-9(10(14)15)11-7-1-3-8(4-2-7)12(16)17/h1-5,9,11H,(H,14,15). The van der Waals surface area contributed by atoms with E-state index in [1.807, 2.05) is 0 Å². The molecule has 0 bridgehead atoms. The molecule has 0 aliphatic carbocycles. The fraction of sp³-hybridized carbons (Fsp3) is 0.100. The van der Waals surface area contributed by atoms with E-state index in [0.29, 0.717) is 5.69 Å². The fourth-order valence-electron chi connectivity index (χ4n) is 1.10. The van der Waals surface area contributed by atoms with Gasteiger partial charge in [0.15, 0.2) is 6.04 Å². The minimum absolute atomic E-state index is 0.103. The molecule has 88 valence electrons. The van der Waals surface area contributed by atoms with Gasteiger partial charge in [0.2, 0.25) is 0 Å². The van der Waals surface area contributed by atoms with Crippen molar-refractivity contribution in [3.63, 3.8) is 0 Å². The van der Waals surface area contributed by atoms with Gasteiger partial charge in [-0.1, -0.05) is 0 Å². The average Bonchev–Trinajstić information content (AvgIpc) is 2.29. The lowest BCUT2D eigenvalue weighted by atomic mass is 10.2. The molecule has 0 fully saturated rings. The summed E-state index contributed by atoms with van der Waals surface area (Å²) in [7, 11) is 0. The molecular weight excluding hydrogens is 228 g/mol. The van der Waals surface area contributed by atoms with Crippen molar-refractivity contribution in [2.75, 3.05) is 5.32 Å². The molecule has 0 amide bonds. The Balaban J connectivity index is 2.83. The number of hydrogen-bond acceptors (Lipinski definition) is 5. The van der Waals surface area contributed by atoms with E-state index >= 15 is 0 Å². The van der Waals surface area contributed by atoms with Gasteiger partial charge in [-0.2, -0.15) is 0 Å². The summed E-state index contributed by atoms with van der Waals surface area (Å²) in [6.07, 6.45) is 0.809. The first kappa shape index (κ1) is 12.4. The predicted molar refractivity (Wildman–Crippen MR) is 58.4 cm³/mol. The Morgan fingerprint density at radius 3 is 2.47 bits per heavy atom. The summed E-state index contributed by atoms with van der Waals surface area (Å²) >= 11 is 0. The summed E-state index contributed by atoms with van der Waals surface area (Å²) in [5.41, 5.74) is 0.253. The number of nitrogens with zero attached hydrogens (tertiary/aromatic N) is 1. The van der Waals surface area contributed by atoms with E-state index in [0.717, 1.165) is 6.08 Å². The van der Waals surface area contributed by atoms with Crippen LogP contribution in [0.5, 0.6) is 0 Å². The number of hydrogen-bond donors (Lipinski definition) is 2. The van der Waals surface area contributed by atoms with Crippen LogP contribution in [0.1, 0.15) is 0 Å². The van der Waals surface area contributed by atoms with Crippen LogP contribution in [0.2, 0.25) is 0 Å². The number of carbonyl (C=O) groups is 1. The maximum Gasteiger partial charge on any atom is 0.330 e. The van der Waals surface area contributed by atoms with Crippen molar-refractivity contribution in [3.05, 3.63) is 40.5 Å². The molecule has 1 rings (SSSR count). The molecule has 0 aromatic heterocycles. The van der Waals surface area contributed by atoms with Gasteiger partial charge in [-0.3, -0.25) is 10.1 Å². The second kappa shape index (κ2) is 5.43. The summed E-state index contributed by atoms with van der Waals surface area (Å²) in [6, 6.07) is 3.95. The number of carbonyl (C=O) groups excluding carboxylic acids is 1. The van der Waals surface area contributed by atoms with Gasteiger partial charge < -0.3 is 10.4 Å². The van der Waals surface area contributed by atoms with Crippen LogP contribution in [-0.4, -0.2) is 28.0 Å². The first-order valence-electron chi connectivity index (χ1n) is 4.49. The van der Waals surface area contributed by atoms with Gasteiger partial charge in [-0.25, -0.2) is 9.59 Å². The van der Waals surface area contributed by atoms with Crippen LogP contribution in [0.25, 0.3) is 0 Å². The van der Waals surface area contributed by atoms with Crippen LogP contribution in [0.3, 0.4) is 0 Å². The fourth-order valence-corrected chi connectivity index (χ4v) is 1.10. The molecule has 7 heteroatoms. The van der Waals surface area contributed by atoms with E-state index in [9.17, 15) is 19.7 Å². The van der Waals surface area contributed by atoms with Gasteiger partial charge in [0, 0.05) is 23.9 Å². The smallest absolute Gasteiger partial charge is 0.330 e. The van der Waals surface area contributed by atoms with Gasteiger partial charge >= 0.3 is 5.97 Å². The number of carboxylic acids is 1. The third-order valence-electron chi connectivity index (χ3n) is 1.90. The minimum atomic E-state index is -1.24. The van der Waals surface area contributed by atoms with Gasteiger partial charge in [-0.15, -0.1) is 0 Å². The van der Waals surface area contributed by atoms with Gasteiger partial charge in [0.1, 0.15) is 5.94 Å². The molecule has 0 aliphatic rings. The van der Waals surface area contributed by atoms with Gasteiger partial charge in [-0.05, 0) is 12.1 Å². The first-order valence-corrected chi connectivity index (χ1v) is 4.49. The van der Waals surface area contributed by atoms with Crippen LogP contribution in [0.15, 0.2) is 30.3 Å². The van der Waals surface area contributed by atoms with Crippen LogP contribution < -0.4 is 5.32 Å². The molecule has 17 heavy (non-hydrogen) atoms. The van der Waals surface area contributed by atoms with Crippen LogP contribution in [-0.2, 0) is 9.59 Å².